The first-order valence-electron chi connectivity index (χ1n) is 7.52. The van der Waals surface area contributed by atoms with E-state index in [-0.39, 0.29) is 24.0 Å². The molecule has 20 heavy (non-hydrogen) atoms. The van der Waals surface area contributed by atoms with Crippen molar-refractivity contribution in [2.24, 2.45) is 10.8 Å². The highest BCUT2D eigenvalue weighted by molar-refractivity contribution is 5.78. The highest BCUT2D eigenvalue weighted by atomic mass is 16.4. The standard InChI is InChI=1S/C15H28N2O3/c1-5-15(6-2,12(18)19)10-16-13(20)17-11-7-8-14(3,4)9-11/h11H,5-10H2,1-4H3,(H,18,19)(H2,16,17,20). The average Bonchev–Trinajstić information content (AvgIpc) is 2.70. The van der Waals surface area contributed by atoms with Crippen LogP contribution in [-0.2, 0) is 4.79 Å². The number of hydrogen-bond donors (Lipinski definition) is 3. The van der Waals surface area contributed by atoms with E-state index in [1.54, 1.807) is 0 Å². The molecule has 116 valence electrons. The fraction of sp³-hybridized carbons (Fsp3) is 0.867. The SMILES string of the molecule is CCC(CC)(CNC(=O)NC1CCC(C)(C)C1)C(=O)O. The Morgan fingerprint density at radius 3 is 2.30 bits per heavy atom. The van der Waals surface area contributed by atoms with Crippen LogP contribution in [-0.4, -0.2) is 29.7 Å². The molecule has 0 saturated heterocycles. The fourth-order valence-corrected chi connectivity index (χ4v) is 2.92. The van der Waals surface area contributed by atoms with Gasteiger partial charge in [0.15, 0.2) is 0 Å². The maximum absolute atomic E-state index is 11.9. The number of carbonyl (C=O) groups excluding carboxylic acids is 1. The van der Waals surface area contributed by atoms with Gasteiger partial charge in [0.1, 0.15) is 0 Å². The van der Waals surface area contributed by atoms with Crippen molar-refractivity contribution in [2.45, 2.75) is 65.8 Å². The number of carboxylic acids is 1. The van der Waals surface area contributed by atoms with Gasteiger partial charge in [-0.15, -0.1) is 0 Å². The maximum Gasteiger partial charge on any atom is 0.315 e. The summed E-state index contributed by atoms with van der Waals surface area (Å²) < 4.78 is 0. The highest BCUT2D eigenvalue weighted by Gasteiger charge is 2.36. The molecule has 1 aliphatic rings. The van der Waals surface area contributed by atoms with E-state index in [2.05, 4.69) is 24.5 Å². The molecule has 0 spiro atoms. The third-order valence-corrected chi connectivity index (χ3v) is 4.70. The second-order valence-electron chi connectivity index (χ2n) is 6.72. The Hall–Kier alpha value is -1.26. The minimum atomic E-state index is -0.855. The Kier molecular flexibility index (Phi) is 5.42. The van der Waals surface area contributed by atoms with Crippen molar-refractivity contribution in [1.82, 2.24) is 10.6 Å². The highest BCUT2D eigenvalue weighted by Crippen LogP contribution is 2.36. The van der Waals surface area contributed by atoms with E-state index in [9.17, 15) is 14.7 Å². The number of rotatable bonds is 6. The summed E-state index contributed by atoms with van der Waals surface area (Å²) in [6.45, 7) is 8.27. The van der Waals surface area contributed by atoms with Gasteiger partial charge in [-0.05, 0) is 37.5 Å². The molecule has 0 radical (unpaired) electrons. The molecule has 0 aromatic carbocycles. The van der Waals surface area contributed by atoms with Gasteiger partial charge in [0.2, 0.25) is 0 Å². The summed E-state index contributed by atoms with van der Waals surface area (Å²) in [5.74, 6) is -0.843. The molecule has 1 fully saturated rings. The smallest absolute Gasteiger partial charge is 0.315 e. The molecule has 1 unspecified atom stereocenters. The molecule has 5 heteroatoms. The minimum absolute atomic E-state index is 0.178. The van der Waals surface area contributed by atoms with E-state index in [0.717, 1.165) is 19.3 Å². The Bertz CT molecular complexity index is 362. The molecule has 0 heterocycles. The lowest BCUT2D eigenvalue weighted by Crippen LogP contribution is -2.48. The summed E-state index contributed by atoms with van der Waals surface area (Å²) in [5, 5.41) is 15.0. The van der Waals surface area contributed by atoms with E-state index in [4.69, 9.17) is 0 Å². The quantitative estimate of drug-likeness (QED) is 0.701. The number of nitrogens with one attached hydrogen (secondary N) is 2. The Morgan fingerprint density at radius 1 is 1.30 bits per heavy atom. The number of carboxylic acid groups (broad SMARTS) is 1. The molecule has 5 nitrogen and oxygen atoms in total. The van der Waals surface area contributed by atoms with Crippen LogP contribution in [0.1, 0.15) is 59.8 Å². The summed E-state index contributed by atoms with van der Waals surface area (Å²) in [6.07, 6.45) is 4.10. The van der Waals surface area contributed by atoms with Crippen LogP contribution in [0.4, 0.5) is 4.79 Å². The van der Waals surface area contributed by atoms with Gasteiger partial charge in [0.25, 0.3) is 0 Å². The van der Waals surface area contributed by atoms with Crippen molar-refractivity contribution < 1.29 is 14.7 Å². The second kappa shape index (κ2) is 6.46. The van der Waals surface area contributed by atoms with Crippen LogP contribution in [0, 0.1) is 10.8 Å². The van der Waals surface area contributed by atoms with Crippen LogP contribution >= 0.6 is 0 Å². The predicted molar refractivity (Wildman–Crippen MR) is 78.6 cm³/mol. The van der Waals surface area contributed by atoms with E-state index in [1.807, 2.05) is 13.8 Å². The van der Waals surface area contributed by atoms with Gasteiger partial charge in [-0.25, -0.2) is 4.79 Å². The first-order valence-corrected chi connectivity index (χ1v) is 7.52. The lowest BCUT2D eigenvalue weighted by atomic mass is 9.82. The van der Waals surface area contributed by atoms with Gasteiger partial charge >= 0.3 is 12.0 Å². The van der Waals surface area contributed by atoms with Crippen molar-refractivity contribution >= 4 is 12.0 Å². The van der Waals surface area contributed by atoms with Gasteiger partial charge < -0.3 is 15.7 Å². The molecule has 0 aromatic rings. The summed E-state index contributed by atoms with van der Waals surface area (Å²) >= 11 is 0. The molecule has 0 aliphatic heterocycles. The Labute approximate surface area is 121 Å². The number of urea groups is 1. The molecule has 1 atom stereocenters. The monoisotopic (exact) mass is 284 g/mol. The molecule has 0 bridgehead atoms. The van der Waals surface area contributed by atoms with E-state index in [0.29, 0.717) is 12.8 Å². The van der Waals surface area contributed by atoms with E-state index < -0.39 is 11.4 Å². The molecule has 0 aromatic heterocycles. The summed E-state index contributed by atoms with van der Waals surface area (Å²) in [4.78, 5) is 23.3. The third kappa shape index (κ3) is 4.12. The average molecular weight is 284 g/mol. The van der Waals surface area contributed by atoms with Crippen LogP contribution in [0.3, 0.4) is 0 Å². The second-order valence-corrected chi connectivity index (χ2v) is 6.72. The number of hydrogen-bond acceptors (Lipinski definition) is 2. The van der Waals surface area contributed by atoms with Crippen molar-refractivity contribution in [2.75, 3.05) is 6.54 Å². The number of amides is 2. The Balaban J connectivity index is 2.45. The molecule has 1 aliphatic carbocycles. The first kappa shape index (κ1) is 16.8. The molecule has 2 amide bonds. The van der Waals surface area contributed by atoms with Crippen molar-refractivity contribution in [3.05, 3.63) is 0 Å². The van der Waals surface area contributed by atoms with Crippen LogP contribution in [0.15, 0.2) is 0 Å². The lowest BCUT2D eigenvalue weighted by molar-refractivity contribution is -0.149. The third-order valence-electron chi connectivity index (χ3n) is 4.70. The zero-order chi connectivity index (χ0) is 15.4. The largest absolute Gasteiger partial charge is 0.481 e. The summed E-state index contributed by atoms with van der Waals surface area (Å²) in [6, 6.07) is -0.0484. The number of aliphatic carboxylic acids is 1. The minimum Gasteiger partial charge on any atom is -0.481 e. The molecule has 1 saturated carbocycles. The summed E-state index contributed by atoms with van der Waals surface area (Å²) in [5.41, 5.74) is -0.568. The van der Waals surface area contributed by atoms with Crippen molar-refractivity contribution in [3.8, 4) is 0 Å². The predicted octanol–water partition coefficient (Wildman–Crippen LogP) is 2.76. The topological polar surface area (TPSA) is 78.4 Å². The number of carbonyl (C=O) groups is 2. The van der Waals surface area contributed by atoms with Crippen LogP contribution in [0.5, 0.6) is 0 Å². The van der Waals surface area contributed by atoms with Gasteiger partial charge in [-0.1, -0.05) is 27.7 Å². The van der Waals surface area contributed by atoms with Gasteiger partial charge in [0.05, 0.1) is 5.41 Å². The summed E-state index contributed by atoms with van der Waals surface area (Å²) in [7, 11) is 0. The lowest BCUT2D eigenvalue weighted by Gasteiger charge is -2.27. The Morgan fingerprint density at radius 2 is 1.90 bits per heavy atom. The zero-order valence-electron chi connectivity index (χ0n) is 13.1. The van der Waals surface area contributed by atoms with Crippen molar-refractivity contribution in [3.63, 3.8) is 0 Å². The molecular weight excluding hydrogens is 256 g/mol. The van der Waals surface area contributed by atoms with Crippen LogP contribution in [0.2, 0.25) is 0 Å². The van der Waals surface area contributed by atoms with Gasteiger partial charge in [0, 0.05) is 12.6 Å². The first-order chi connectivity index (χ1) is 9.24. The normalized spacial score (nSPS) is 21.5. The molecular formula is C15H28N2O3. The molecule has 1 rings (SSSR count). The van der Waals surface area contributed by atoms with E-state index >= 15 is 0 Å². The van der Waals surface area contributed by atoms with Crippen molar-refractivity contribution in [1.29, 1.82) is 0 Å². The fourth-order valence-electron chi connectivity index (χ4n) is 2.92. The van der Waals surface area contributed by atoms with Gasteiger partial charge in [-0.2, -0.15) is 0 Å². The van der Waals surface area contributed by atoms with Crippen LogP contribution in [0.25, 0.3) is 0 Å². The van der Waals surface area contributed by atoms with Crippen LogP contribution < -0.4 is 10.6 Å². The molecule has 3 N–H and O–H groups in total. The maximum atomic E-state index is 11.9. The van der Waals surface area contributed by atoms with E-state index in [1.165, 1.54) is 0 Å². The zero-order valence-corrected chi connectivity index (χ0v) is 13.1. The van der Waals surface area contributed by atoms with Gasteiger partial charge in [-0.3, -0.25) is 4.79 Å².